The van der Waals surface area contributed by atoms with Gasteiger partial charge in [-0.3, -0.25) is 14.4 Å². The van der Waals surface area contributed by atoms with E-state index < -0.39 is 0 Å². The van der Waals surface area contributed by atoms with Gasteiger partial charge in [0.1, 0.15) is 12.4 Å². The number of rotatable bonds is 5. The summed E-state index contributed by atoms with van der Waals surface area (Å²) in [5, 5.41) is 1.22. The van der Waals surface area contributed by atoms with Crippen LogP contribution in [0.2, 0.25) is 0 Å². The lowest BCUT2D eigenvalue weighted by molar-refractivity contribution is -0.137. The molecule has 0 aliphatic carbocycles. The van der Waals surface area contributed by atoms with Gasteiger partial charge in [0.15, 0.2) is 0 Å². The van der Waals surface area contributed by atoms with E-state index >= 15 is 0 Å². The lowest BCUT2D eigenvalue weighted by atomic mass is 10.1. The largest absolute Gasteiger partial charge is 0.426 e. The van der Waals surface area contributed by atoms with Crippen molar-refractivity contribution in [1.29, 1.82) is 0 Å². The van der Waals surface area contributed by atoms with Crippen molar-refractivity contribution < 1.29 is 19.2 Å². The zero-order valence-electron chi connectivity index (χ0n) is 14.2. The molecule has 2 aromatic carbocycles. The number of hydrogen-bond donors (Lipinski definition) is 0. The minimum absolute atomic E-state index is 0.183. The molecule has 0 aromatic heterocycles. The molecular weight excluding hydrogens is 318 g/mol. The highest BCUT2D eigenvalue weighted by atomic mass is 16.7. The highest BCUT2D eigenvalue weighted by molar-refractivity contribution is 6.07. The van der Waals surface area contributed by atoms with Gasteiger partial charge >= 0.3 is 5.97 Å². The zero-order valence-corrected chi connectivity index (χ0v) is 14.2. The molecule has 0 saturated heterocycles. The Labute approximate surface area is 146 Å². The Balaban J connectivity index is 1.62. The Kier molecular flexibility index (Phi) is 4.67. The van der Waals surface area contributed by atoms with Crippen molar-refractivity contribution in [3.05, 3.63) is 71.8 Å². The minimum Gasteiger partial charge on any atom is -0.426 e. The van der Waals surface area contributed by atoms with E-state index in [1.54, 1.807) is 44.2 Å². The number of hydrogen-bond acceptors (Lipinski definition) is 4. The van der Waals surface area contributed by atoms with E-state index in [0.717, 1.165) is 11.1 Å². The summed E-state index contributed by atoms with van der Waals surface area (Å²) in [5.74, 6) is -0.197. The lowest BCUT2D eigenvalue weighted by Gasteiger charge is -2.17. The third-order valence-electron chi connectivity index (χ3n) is 3.87. The van der Waals surface area contributed by atoms with Crippen LogP contribution in [0.5, 0.6) is 5.75 Å². The van der Waals surface area contributed by atoms with Crippen molar-refractivity contribution in [3.8, 4) is 5.75 Å². The molecule has 1 heterocycles. The van der Waals surface area contributed by atoms with Gasteiger partial charge in [0.2, 0.25) is 0 Å². The summed E-state index contributed by atoms with van der Waals surface area (Å²) in [4.78, 5) is 29.6. The van der Waals surface area contributed by atoms with Crippen LogP contribution in [0.25, 0.3) is 5.70 Å². The fourth-order valence-corrected chi connectivity index (χ4v) is 2.43. The first kappa shape index (κ1) is 16.9. The molecule has 0 radical (unpaired) electrons. The molecule has 1 amide bonds. The second kappa shape index (κ2) is 6.91. The topological polar surface area (TPSA) is 55.8 Å². The molecule has 5 heteroatoms. The van der Waals surface area contributed by atoms with Crippen LogP contribution in [0.4, 0.5) is 0 Å². The number of ether oxygens (including phenoxy) is 1. The molecule has 0 N–H and O–H groups in total. The summed E-state index contributed by atoms with van der Waals surface area (Å²) < 4.78 is 5.23. The molecule has 0 saturated carbocycles. The molecule has 25 heavy (non-hydrogen) atoms. The fraction of sp³-hybridized carbons (Fsp3) is 0.200. The zero-order chi connectivity index (χ0) is 18.0. The summed E-state index contributed by atoms with van der Waals surface area (Å²) >= 11 is 0. The van der Waals surface area contributed by atoms with Crippen LogP contribution in [0.3, 0.4) is 0 Å². The van der Waals surface area contributed by atoms with E-state index in [1.807, 2.05) is 18.2 Å². The number of nitrogens with zero attached hydrogens (tertiary/aromatic N) is 1. The number of fused-ring (bicyclic) bond motifs is 1. The van der Waals surface area contributed by atoms with Crippen LogP contribution in [0, 0.1) is 5.92 Å². The van der Waals surface area contributed by atoms with Gasteiger partial charge in [-0.2, -0.15) is 5.06 Å². The van der Waals surface area contributed by atoms with Crippen molar-refractivity contribution in [2.75, 3.05) is 0 Å². The molecule has 1 aliphatic rings. The fourth-order valence-electron chi connectivity index (χ4n) is 2.43. The molecule has 5 nitrogen and oxygen atoms in total. The smallest absolute Gasteiger partial charge is 0.313 e. The standard InChI is InChI=1S/C20H19NO4/c1-13(2)20(23)25-16-10-8-15(9-11-16)12-24-21-14(3)17-6-4-5-7-18(17)19(21)22/h4-11,13H,3,12H2,1-2H3. The predicted molar refractivity (Wildman–Crippen MR) is 93.3 cm³/mol. The van der Waals surface area contributed by atoms with Gasteiger partial charge in [-0.25, -0.2) is 0 Å². The van der Waals surface area contributed by atoms with E-state index in [0.29, 0.717) is 17.0 Å². The molecule has 0 fully saturated rings. The van der Waals surface area contributed by atoms with Gasteiger partial charge < -0.3 is 4.74 Å². The average molecular weight is 337 g/mol. The Morgan fingerprint density at radius 1 is 1.08 bits per heavy atom. The van der Waals surface area contributed by atoms with Gasteiger partial charge in [-0.1, -0.05) is 50.8 Å². The quantitative estimate of drug-likeness (QED) is 0.615. The van der Waals surface area contributed by atoms with Gasteiger partial charge in [0, 0.05) is 5.56 Å². The maximum absolute atomic E-state index is 12.4. The van der Waals surface area contributed by atoms with Crippen LogP contribution < -0.4 is 4.74 Å². The first-order valence-corrected chi connectivity index (χ1v) is 8.03. The Morgan fingerprint density at radius 3 is 2.32 bits per heavy atom. The SMILES string of the molecule is C=C1c2ccccc2C(=O)N1OCc1ccc(OC(=O)C(C)C)cc1. The summed E-state index contributed by atoms with van der Waals surface area (Å²) in [6.07, 6.45) is 0. The molecule has 1 aliphatic heterocycles. The number of hydroxylamine groups is 2. The maximum atomic E-state index is 12.4. The highest BCUT2D eigenvalue weighted by Gasteiger charge is 2.31. The lowest BCUT2D eigenvalue weighted by Crippen LogP contribution is -2.23. The average Bonchev–Trinajstić information content (AvgIpc) is 2.85. The van der Waals surface area contributed by atoms with E-state index in [-0.39, 0.29) is 24.4 Å². The molecule has 128 valence electrons. The number of amides is 1. The van der Waals surface area contributed by atoms with Gasteiger partial charge in [0.25, 0.3) is 5.91 Å². The van der Waals surface area contributed by atoms with Crippen LogP contribution in [0.1, 0.15) is 35.3 Å². The number of carbonyl (C=O) groups excluding carboxylic acids is 2. The maximum Gasteiger partial charge on any atom is 0.313 e. The Bertz CT molecular complexity index is 789. The second-order valence-electron chi connectivity index (χ2n) is 6.08. The van der Waals surface area contributed by atoms with Crippen molar-refractivity contribution in [3.63, 3.8) is 0 Å². The summed E-state index contributed by atoms with van der Waals surface area (Å²) in [6.45, 7) is 7.69. The molecule has 0 atom stereocenters. The van der Waals surface area contributed by atoms with Gasteiger partial charge in [0.05, 0.1) is 17.2 Å². The predicted octanol–water partition coefficient (Wildman–Crippen LogP) is 3.81. The van der Waals surface area contributed by atoms with Crippen molar-refractivity contribution in [2.24, 2.45) is 5.92 Å². The second-order valence-corrected chi connectivity index (χ2v) is 6.08. The number of benzene rings is 2. The van der Waals surface area contributed by atoms with Crippen LogP contribution in [0.15, 0.2) is 55.1 Å². The Hall–Kier alpha value is -2.92. The van der Waals surface area contributed by atoms with Crippen LogP contribution in [-0.2, 0) is 16.2 Å². The number of carbonyl (C=O) groups is 2. The first-order chi connectivity index (χ1) is 12.0. The van der Waals surface area contributed by atoms with E-state index in [4.69, 9.17) is 9.57 Å². The first-order valence-electron chi connectivity index (χ1n) is 8.03. The monoisotopic (exact) mass is 337 g/mol. The normalized spacial score (nSPS) is 13.3. The third kappa shape index (κ3) is 3.46. The summed E-state index contributed by atoms with van der Waals surface area (Å²) in [5.41, 5.74) is 2.75. The summed E-state index contributed by atoms with van der Waals surface area (Å²) in [6, 6.07) is 14.3. The Morgan fingerprint density at radius 2 is 1.72 bits per heavy atom. The molecule has 3 rings (SSSR count). The minimum atomic E-state index is -0.277. The molecule has 0 spiro atoms. The van der Waals surface area contributed by atoms with Gasteiger partial charge in [-0.05, 0) is 23.8 Å². The molecular formula is C20H19NO4. The molecule has 0 unspecified atom stereocenters. The van der Waals surface area contributed by atoms with Crippen molar-refractivity contribution in [1.82, 2.24) is 5.06 Å². The third-order valence-corrected chi connectivity index (χ3v) is 3.87. The summed E-state index contributed by atoms with van der Waals surface area (Å²) in [7, 11) is 0. The highest BCUT2D eigenvalue weighted by Crippen LogP contribution is 2.31. The van der Waals surface area contributed by atoms with Crippen molar-refractivity contribution >= 4 is 17.6 Å². The van der Waals surface area contributed by atoms with E-state index in [1.165, 1.54) is 5.06 Å². The van der Waals surface area contributed by atoms with E-state index in [9.17, 15) is 9.59 Å². The van der Waals surface area contributed by atoms with Crippen molar-refractivity contribution in [2.45, 2.75) is 20.5 Å². The molecule has 0 bridgehead atoms. The van der Waals surface area contributed by atoms with Crippen LogP contribution >= 0.6 is 0 Å². The molecule has 2 aromatic rings. The number of esters is 1. The van der Waals surface area contributed by atoms with Crippen LogP contribution in [-0.4, -0.2) is 16.9 Å². The van der Waals surface area contributed by atoms with Gasteiger partial charge in [-0.15, -0.1) is 0 Å². The van der Waals surface area contributed by atoms with E-state index in [2.05, 4.69) is 6.58 Å².